The van der Waals surface area contributed by atoms with Gasteiger partial charge in [0, 0.05) is 31.7 Å². The predicted molar refractivity (Wildman–Crippen MR) is 97.4 cm³/mol. The molecule has 0 bridgehead atoms. The topological polar surface area (TPSA) is 61.4 Å². The third-order valence-corrected chi connectivity index (χ3v) is 4.49. The molecular formula is C19H29N3O2. The van der Waals surface area contributed by atoms with Gasteiger partial charge in [-0.3, -0.25) is 4.79 Å². The third kappa shape index (κ3) is 4.73. The molecule has 3 amide bonds. The van der Waals surface area contributed by atoms with E-state index in [1.54, 1.807) is 0 Å². The smallest absolute Gasteiger partial charge is 0.319 e. The van der Waals surface area contributed by atoms with E-state index in [0.717, 1.165) is 49.2 Å². The second-order valence-corrected chi connectivity index (χ2v) is 6.61. The zero-order chi connectivity index (χ0) is 17.5. The van der Waals surface area contributed by atoms with Gasteiger partial charge in [0.15, 0.2) is 0 Å². The zero-order valence-corrected chi connectivity index (χ0v) is 15.0. The summed E-state index contributed by atoms with van der Waals surface area (Å²) in [6.07, 6.45) is 3.29. The van der Waals surface area contributed by atoms with E-state index in [1.807, 2.05) is 11.0 Å². The van der Waals surface area contributed by atoms with E-state index in [1.165, 1.54) is 0 Å². The van der Waals surface area contributed by atoms with Crippen LogP contribution >= 0.6 is 0 Å². The number of hydrogen-bond acceptors (Lipinski definition) is 2. The van der Waals surface area contributed by atoms with E-state index in [0.29, 0.717) is 18.9 Å². The molecule has 0 unspecified atom stereocenters. The van der Waals surface area contributed by atoms with Crippen molar-refractivity contribution in [3.63, 3.8) is 0 Å². The van der Waals surface area contributed by atoms with Crippen molar-refractivity contribution in [3.05, 3.63) is 29.3 Å². The van der Waals surface area contributed by atoms with Gasteiger partial charge in [0.25, 0.3) is 0 Å². The van der Waals surface area contributed by atoms with Gasteiger partial charge in [-0.1, -0.05) is 39.0 Å². The van der Waals surface area contributed by atoms with Crippen molar-refractivity contribution >= 4 is 17.6 Å². The number of likely N-dealkylation sites (tertiary alicyclic amines) is 1. The van der Waals surface area contributed by atoms with E-state index >= 15 is 0 Å². The molecule has 0 atom stereocenters. The van der Waals surface area contributed by atoms with Crippen molar-refractivity contribution in [2.75, 3.05) is 25.0 Å². The van der Waals surface area contributed by atoms with Crippen molar-refractivity contribution in [2.24, 2.45) is 0 Å². The minimum absolute atomic E-state index is 0.175. The fourth-order valence-corrected chi connectivity index (χ4v) is 3.12. The average molecular weight is 331 g/mol. The fourth-order valence-electron chi connectivity index (χ4n) is 3.12. The predicted octanol–water partition coefficient (Wildman–Crippen LogP) is 3.51. The molecule has 1 aliphatic heterocycles. The van der Waals surface area contributed by atoms with E-state index in [9.17, 15) is 9.59 Å². The maximum absolute atomic E-state index is 12.2. The van der Waals surface area contributed by atoms with Crippen LogP contribution in [0.15, 0.2) is 18.2 Å². The normalized spacial score (nSPS) is 14.3. The Morgan fingerprint density at radius 2 is 2.12 bits per heavy atom. The molecule has 0 aliphatic carbocycles. The molecule has 1 aliphatic rings. The Balaban J connectivity index is 1.85. The van der Waals surface area contributed by atoms with Crippen LogP contribution in [0.2, 0.25) is 0 Å². The van der Waals surface area contributed by atoms with Crippen molar-refractivity contribution < 1.29 is 9.59 Å². The summed E-state index contributed by atoms with van der Waals surface area (Å²) in [6, 6.07) is 5.99. The van der Waals surface area contributed by atoms with Gasteiger partial charge in [0.1, 0.15) is 0 Å². The molecule has 1 aromatic carbocycles. The Bertz CT molecular complexity index is 584. The minimum atomic E-state index is -0.175. The first-order valence-corrected chi connectivity index (χ1v) is 8.97. The van der Waals surface area contributed by atoms with Gasteiger partial charge < -0.3 is 15.5 Å². The van der Waals surface area contributed by atoms with Crippen LogP contribution in [0.1, 0.15) is 57.1 Å². The van der Waals surface area contributed by atoms with E-state index < -0.39 is 0 Å². The second-order valence-electron chi connectivity index (χ2n) is 6.61. The number of aryl methyl sites for hydroxylation is 1. The number of hydrogen-bond donors (Lipinski definition) is 2. The Morgan fingerprint density at radius 3 is 2.75 bits per heavy atom. The number of carbonyl (C=O) groups excluding carboxylic acids is 2. The van der Waals surface area contributed by atoms with Crippen LogP contribution in [0.25, 0.3) is 0 Å². The molecule has 2 N–H and O–H groups in total. The highest BCUT2D eigenvalue weighted by molar-refractivity contribution is 5.91. The molecule has 132 valence electrons. The highest BCUT2D eigenvalue weighted by atomic mass is 16.2. The monoisotopic (exact) mass is 331 g/mol. The van der Waals surface area contributed by atoms with Crippen LogP contribution in [0.3, 0.4) is 0 Å². The molecular weight excluding hydrogens is 302 g/mol. The summed E-state index contributed by atoms with van der Waals surface area (Å²) in [5.74, 6) is 0.589. The van der Waals surface area contributed by atoms with E-state index in [-0.39, 0.29) is 11.9 Å². The number of nitrogens with zero attached hydrogens (tertiary/aromatic N) is 1. The summed E-state index contributed by atoms with van der Waals surface area (Å²) in [5, 5.41) is 5.92. The van der Waals surface area contributed by atoms with E-state index in [4.69, 9.17) is 0 Å². The van der Waals surface area contributed by atoms with Gasteiger partial charge in [-0.25, -0.2) is 4.79 Å². The number of carbonyl (C=O) groups is 2. The van der Waals surface area contributed by atoms with Gasteiger partial charge in [0.2, 0.25) is 5.91 Å². The number of benzene rings is 1. The van der Waals surface area contributed by atoms with Crippen LogP contribution in [0.4, 0.5) is 10.5 Å². The van der Waals surface area contributed by atoms with Crippen molar-refractivity contribution in [3.8, 4) is 0 Å². The van der Waals surface area contributed by atoms with Gasteiger partial charge in [-0.15, -0.1) is 0 Å². The molecule has 24 heavy (non-hydrogen) atoms. The molecule has 0 spiro atoms. The summed E-state index contributed by atoms with van der Waals surface area (Å²) < 4.78 is 0. The second kappa shape index (κ2) is 8.71. The molecule has 1 fully saturated rings. The molecule has 0 radical (unpaired) electrons. The molecule has 5 heteroatoms. The number of amides is 3. The van der Waals surface area contributed by atoms with Gasteiger partial charge in [-0.2, -0.15) is 0 Å². The lowest BCUT2D eigenvalue weighted by Crippen LogP contribution is -2.33. The molecule has 1 aromatic rings. The summed E-state index contributed by atoms with van der Waals surface area (Å²) in [6.45, 7) is 8.50. The molecule has 2 rings (SSSR count). The van der Waals surface area contributed by atoms with Gasteiger partial charge in [0.05, 0.1) is 0 Å². The number of para-hydroxylation sites is 1. The highest BCUT2D eigenvalue weighted by Gasteiger charge is 2.19. The SMILES string of the molecule is CCc1cccc(C(C)C)c1NC(=O)NCCCN1CCCC1=O. The van der Waals surface area contributed by atoms with Crippen LogP contribution < -0.4 is 10.6 Å². The lowest BCUT2D eigenvalue weighted by atomic mass is 9.96. The highest BCUT2D eigenvalue weighted by Crippen LogP contribution is 2.28. The summed E-state index contributed by atoms with van der Waals surface area (Å²) >= 11 is 0. The van der Waals surface area contributed by atoms with Gasteiger partial charge >= 0.3 is 6.03 Å². The number of urea groups is 1. The van der Waals surface area contributed by atoms with Crippen LogP contribution in [0, 0.1) is 0 Å². The number of nitrogens with one attached hydrogen (secondary N) is 2. The summed E-state index contributed by atoms with van der Waals surface area (Å²) in [7, 11) is 0. The van der Waals surface area contributed by atoms with Crippen molar-refractivity contribution in [1.82, 2.24) is 10.2 Å². The van der Waals surface area contributed by atoms with Crippen LogP contribution in [-0.4, -0.2) is 36.5 Å². The Labute approximate surface area is 144 Å². The van der Waals surface area contributed by atoms with Gasteiger partial charge in [-0.05, 0) is 36.3 Å². The number of anilines is 1. The minimum Gasteiger partial charge on any atom is -0.343 e. The first kappa shape index (κ1) is 18.3. The van der Waals surface area contributed by atoms with Crippen LogP contribution in [-0.2, 0) is 11.2 Å². The quantitative estimate of drug-likeness (QED) is 0.751. The zero-order valence-electron chi connectivity index (χ0n) is 15.0. The lowest BCUT2D eigenvalue weighted by molar-refractivity contribution is -0.127. The summed E-state index contributed by atoms with van der Waals surface area (Å²) in [4.78, 5) is 25.6. The molecule has 5 nitrogen and oxygen atoms in total. The standard InChI is InChI=1S/C19H29N3O2/c1-4-15-8-5-9-16(14(2)3)18(15)21-19(24)20-11-7-13-22-12-6-10-17(22)23/h5,8-9,14H,4,6-7,10-13H2,1-3H3,(H2,20,21,24). The molecule has 0 saturated carbocycles. The Morgan fingerprint density at radius 1 is 1.33 bits per heavy atom. The Hall–Kier alpha value is -2.04. The third-order valence-electron chi connectivity index (χ3n) is 4.49. The van der Waals surface area contributed by atoms with Crippen molar-refractivity contribution in [2.45, 2.75) is 52.4 Å². The van der Waals surface area contributed by atoms with Crippen LogP contribution in [0.5, 0.6) is 0 Å². The molecule has 0 aromatic heterocycles. The lowest BCUT2D eigenvalue weighted by Gasteiger charge is -2.18. The van der Waals surface area contributed by atoms with E-state index in [2.05, 4.69) is 43.5 Å². The number of rotatable bonds is 7. The molecule has 1 heterocycles. The maximum Gasteiger partial charge on any atom is 0.319 e. The average Bonchev–Trinajstić information content (AvgIpc) is 2.96. The van der Waals surface area contributed by atoms with Crippen molar-refractivity contribution in [1.29, 1.82) is 0 Å². The molecule has 1 saturated heterocycles. The first-order chi connectivity index (χ1) is 11.5. The largest absolute Gasteiger partial charge is 0.343 e. The first-order valence-electron chi connectivity index (χ1n) is 8.97. The Kier molecular flexibility index (Phi) is 6.64. The fraction of sp³-hybridized carbons (Fsp3) is 0.579. The maximum atomic E-state index is 12.2. The summed E-state index contributed by atoms with van der Waals surface area (Å²) in [5.41, 5.74) is 3.24.